The molecule has 0 radical (unpaired) electrons. The molecule has 0 bridgehead atoms. The van der Waals surface area contributed by atoms with Crippen molar-refractivity contribution in [2.24, 2.45) is 0 Å². The molecule has 0 spiro atoms. The smallest absolute Gasteiger partial charge is 0.285 e. The molecule has 16 heavy (non-hydrogen) atoms. The molecule has 0 aliphatic heterocycles. The van der Waals surface area contributed by atoms with Crippen molar-refractivity contribution in [1.29, 1.82) is 0 Å². The topological polar surface area (TPSA) is 202 Å². The van der Waals surface area contributed by atoms with Crippen molar-refractivity contribution in [3.63, 3.8) is 0 Å². The monoisotopic (exact) mass is 244 g/mol. The van der Waals surface area contributed by atoms with Gasteiger partial charge in [0.2, 0.25) is 11.6 Å². The van der Waals surface area contributed by atoms with Crippen LogP contribution >= 0.6 is 0 Å². The molecule has 0 amide bonds. The van der Waals surface area contributed by atoms with Crippen LogP contribution in [0.15, 0.2) is 0 Å². The van der Waals surface area contributed by atoms with E-state index in [9.17, 15) is 0 Å². The summed E-state index contributed by atoms with van der Waals surface area (Å²) in [6, 6.07) is 0. The van der Waals surface area contributed by atoms with Crippen molar-refractivity contribution in [2.45, 2.75) is 35.4 Å². The van der Waals surface area contributed by atoms with Gasteiger partial charge in [-0.05, 0) is 0 Å². The lowest BCUT2D eigenvalue weighted by atomic mass is 9.74. The zero-order chi connectivity index (χ0) is 13.2. The maximum atomic E-state index is 9.02. The van der Waals surface area contributed by atoms with Crippen molar-refractivity contribution >= 4 is 0 Å². The van der Waals surface area contributed by atoms with E-state index in [4.69, 9.17) is 51.1 Å². The molecule has 0 atom stereocenters. The van der Waals surface area contributed by atoms with Crippen LogP contribution in [0.3, 0.4) is 0 Å². The van der Waals surface area contributed by atoms with Crippen LogP contribution in [0.4, 0.5) is 0 Å². The second-order valence-electron chi connectivity index (χ2n) is 3.83. The minimum absolute atomic E-state index is 1.79. The van der Waals surface area contributed by atoms with Gasteiger partial charge in [0.15, 0.2) is 0 Å². The third-order valence-corrected chi connectivity index (χ3v) is 2.58. The summed E-state index contributed by atoms with van der Waals surface area (Å²) < 4.78 is 0. The Morgan fingerprint density at radius 1 is 0.438 bits per heavy atom. The van der Waals surface area contributed by atoms with Gasteiger partial charge < -0.3 is 51.1 Å². The summed E-state index contributed by atoms with van der Waals surface area (Å²) in [5, 5.41) is 90.1. The number of hydrogen-bond acceptors (Lipinski definition) is 10. The van der Waals surface area contributed by atoms with E-state index < -0.39 is 35.4 Å². The number of hydrogen-bond donors (Lipinski definition) is 10. The Bertz CT molecular complexity index is 274. The highest BCUT2D eigenvalue weighted by molar-refractivity contribution is 5.12. The molecule has 10 nitrogen and oxygen atoms in total. The van der Waals surface area contributed by atoms with E-state index in [2.05, 4.69) is 0 Å². The van der Waals surface area contributed by atoms with E-state index in [0.29, 0.717) is 0 Å². The highest BCUT2D eigenvalue weighted by atomic mass is 16.7. The van der Waals surface area contributed by atoms with Crippen LogP contribution in [0.5, 0.6) is 0 Å². The van der Waals surface area contributed by atoms with Gasteiger partial charge in [-0.25, -0.2) is 0 Å². The first-order valence-corrected chi connectivity index (χ1v) is 3.94. The molecule has 1 fully saturated rings. The van der Waals surface area contributed by atoms with Crippen LogP contribution in [-0.2, 0) is 0 Å². The normalized spacial score (nSPS) is 33.4. The average molecular weight is 244 g/mol. The van der Waals surface area contributed by atoms with E-state index >= 15 is 0 Å². The van der Waals surface area contributed by atoms with Crippen LogP contribution < -0.4 is 0 Å². The van der Waals surface area contributed by atoms with Gasteiger partial charge in [-0.3, -0.25) is 0 Å². The van der Waals surface area contributed by atoms with Crippen LogP contribution in [0.25, 0.3) is 0 Å². The van der Waals surface area contributed by atoms with Crippen molar-refractivity contribution < 1.29 is 51.1 Å². The van der Waals surface area contributed by atoms with Crippen molar-refractivity contribution in [3.05, 3.63) is 0 Å². The Balaban J connectivity index is 3.43. The summed E-state index contributed by atoms with van der Waals surface area (Å²) in [5.74, 6) is -20.5. The minimum Gasteiger partial charge on any atom is -0.361 e. The third kappa shape index (κ3) is 1.25. The van der Waals surface area contributed by atoms with Gasteiger partial charge in [-0.1, -0.05) is 0 Å². The minimum atomic E-state index is -4.44. The Labute approximate surface area is 87.5 Å². The van der Waals surface area contributed by atoms with E-state index in [-0.39, 0.29) is 0 Å². The Kier molecular flexibility index (Phi) is 2.46. The fourth-order valence-electron chi connectivity index (χ4n) is 1.39. The summed E-state index contributed by atoms with van der Waals surface area (Å²) in [4.78, 5) is 0. The first-order valence-electron chi connectivity index (χ1n) is 3.94. The maximum absolute atomic E-state index is 9.02. The zero-order valence-corrected chi connectivity index (χ0v) is 7.68. The predicted molar refractivity (Wildman–Crippen MR) is 40.5 cm³/mol. The van der Waals surface area contributed by atoms with Crippen LogP contribution in [0.1, 0.15) is 6.42 Å². The summed E-state index contributed by atoms with van der Waals surface area (Å²) in [6.45, 7) is 0. The SMILES string of the molecule is OC1(O)CC(O)(O)C(O)(O)C(O)(O)C1(O)O. The van der Waals surface area contributed by atoms with Gasteiger partial charge in [-0.15, -0.1) is 0 Å². The number of rotatable bonds is 0. The van der Waals surface area contributed by atoms with E-state index in [1.807, 2.05) is 0 Å². The summed E-state index contributed by atoms with van der Waals surface area (Å²) in [5.41, 5.74) is 0. The van der Waals surface area contributed by atoms with Gasteiger partial charge >= 0.3 is 0 Å². The Morgan fingerprint density at radius 2 is 0.688 bits per heavy atom. The molecule has 0 aromatic carbocycles. The van der Waals surface area contributed by atoms with Crippen molar-refractivity contribution in [2.75, 3.05) is 0 Å². The lowest BCUT2D eigenvalue weighted by Gasteiger charge is -2.56. The zero-order valence-electron chi connectivity index (χ0n) is 7.68. The van der Waals surface area contributed by atoms with Gasteiger partial charge in [0.25, 0.3) is 17.4 Å². The number of aliphatic hydroxyl groups is 10. The lowest BCUT2D eigenvalue weighted by Crippen LogP contribution is -2.86. The highest BCUT2D eigenvalue weighted by Crippen LogP contribution is 2.48. The molecule has 0 saturated heterocycles. The second kappa shape index (κ2) is 2.88. The molecule has 1 aliphatic carbocycles. The largest absolute Gasteiger partial charge is 0.361 e. The summed E-state index contributed by atoms with van der Waals surface area (Å²) >= 11 is 0. The van der Waals surface area contributed by atoms with Crippen LogP contribution in [0.2, 0.25) is 0 Å². The Morgan fingerprint density at radius 3 is 0.938 bits per heavy atom. The van der Waals surface area contributed by atoms with Gasteiger partial charge in [0, 0.05) is 0 Å². The van der Waals surface area contributed by atoms with Crippen LogP contribution in [0, 0.1) is 0 Å². The molecular weight excluding hydrogens is 232 g/mol. The standard InChI is InChI=1S/C6H12O10/c7-2(8)1-3(9,10)5(13,14)6(15,16)4(2,11)12/h7-16H,1H2. The molecule has 10 heteroatoms. The molecule has 0 heterocycles. The molecule has 0 aromatic heterocycles. The van der Waals surface area contributed by atoms with Gasteiger partial charge in [-0.2, -0.15) is 0 Å². The first kappa shape index (κ1) is 13.7. The molecule has 1 aliphatic rings. The van der Waals surface area contributed by atoms with Gasteiger partial charge in [0.05, 0.1) is 6.42 Å². The Hall–Kier alpha value is -0.400. The highest BCUT2D eigenvalue weighted by Gasteiger charge is 2.81. The fourth-order valence-corrected chi connectivity index (χ4v) is 1.39. The van der Waals surface area contributed by atoms with E-state index in [1.165, 1.54) is 0 Å². The maximum Gasteiger partial charge on any atom is 0.285 e. The third-order valence-electron chi connectivity index (χ3n) is 2.58. The van der Waals surface area contributed by atoms with Crippen molar-refractivity contribution in [3.8, 4) is 0 Å². The van der Waals surface area contributed by atoms with Crippen LogP contribution in [-0.4, -0.2) is 80.0 Å². The predicted octanol–water partition coefficient (Wildman–Crippen LogP) is -6.21. The first-order chi connectivity index (χ1) is 6.71. The van der Waals surface area contributed by atoms with Gasteiger partial charge in [0.1, 0.15) is 0 Å². The molecule has 0 unspecified atom stereocenters. The molecule has 10 N–H and O–H groups in total. The molecular formula is C6H12O10. The fraction of sp³-hybridized carbons (Fsp3) is 1.00. The molecule has 1 saturated carbocycles. The molecule has 96 valence electrons. The average Bonchev–Trinajstić information content (AvgIpc) is 1.98. The van der Waals surface area contributed by atoms with Crippen molar-refractivity contribution in [1.82, 2.24) is 0 Å². The summed E-state index contributed by atoms with van der Waals surface area (Å²) in [6.07, 6.45) is -1.79. The van der Waals surface area contributed by atoms with E-state index in [0.717, 1.165) is 0 Å². The quantitative estimate of drug-likeness (QED) is 0.182. The summed E-state index contributed by atoms with van der Waals surface area (Å²) in [7, 11) is 0. The van der Waals surface area contributed by atoms with E-state index in [1.54, 1.807) is 0 Å². The molecule has 1 rings (SSSR count). The molecule has 0 aromatic rings. The second-order valence-corrected chi connectivity index (χ2v) is 3.83. The lowest BCUT2D eigenvalue weighted by molar-refractivity contribution is -0.575.